The Bertz CT molecular complexity index is 290. The lowest BCUT2D eigenvalue weighted by atomic mass is 9.99. The van der Waals surface area contributed by atoms with Crippen LogP contribution in [0.1, 0.15) is 24.5 Å². The van der Waals surface area contributed by atoms with Gasteiger partial charge >= 0.3 is 0 Å². The van der Waals surface area contributed by atoms with Crippen LogP contribution in [0.2, 0.25) is 0 Å². The number of rotatable bonds is 1. The van der Waals surface area contributed by atoms with E-state index in [9.17, 15) is 0 Å². The minimum Gasteiger partial charge on any atom is -0.382 e. The first kappa shape index (κ1) is 8.37. The summed E-state index contributed by atoms with van der Waals surface area (Å²) in [7, 11) is 0. The van der Waals surface area contributed by atoms with Gasteiger partial charge in [-0.3, -0.25) is 0 Å². The molecule has 2 heterocycles. The lowest BCUT2D eigenvalue weighted by molar-refractivity contribution is 0.0796. The summed E-state index contributed by atoms with van der Waals surface area (Å²) in [6.45, 7) is 1.56. The number of hydrogen-bond acceptors (Lipinski definition) is 4. The largest absolute Gasteiger partial charge is 0.382 e. The van der Waals surface area contributed by atoms with Crippen molar-refractivity contribution in [3.63, 3.8) is 0 Å². The first-order chi connectivity index (χ1) is 6.29. The topological polar surface area (TPSA) is 79.1 Å². The summed E-state index contributed by atoms with van der Waals surface area (Å²) in [6, 6.07) is 0. The van der Waals surface area contributed by atoms with Crippen molar-refractivity contribution in [2.75, 3.05) is 24.8 Å². The number of imidazole rings is 1. The van der Waals surface area contributed by atoms with Gasteiger partial charge in [0.1, 0.15) is 12.1 Å². The van der Waals surface area contributed by atoms with Crippen LogP contribution >= 0.6 is 0 Å². The van der Waals surface area contributed by atoms with E-state index in [2.05, 4.69) is 4.98 Å². The molecule has 0 saturated carbocycles. The van der Waals surface area contributed by atoms with Crippen molar-refractivity contribution >= 4 is 5.82 Å². The summed E-state index contributed by atoms with van der Waals surface area (Å²) in [5, 5.41) is 0. The molecule has 1 aromatic rings. The van der Waals surface area contributed by atoms with Gasteiger partial charge in [0.25, 0.3) is 0 Å². The second-order valence-electron chi connectivity index (χ2n) is 3.34. The maximum atomic E-state index is 5.75. The van der Waals surface area contributed by atoms with Gasteiger partial charge in [-0.2, -0.15) is 0 Å². The Hall–Kier alpha value is -1.23. The molecule has 1 aliphatic heterocycles. The van der Waals surface area contributed by atoms with Crippen LogP contribution in [-0.4, -0.2) is 22.9 Å². The van der Waals surface area contributed by atoms with Crippen molar-refractivity contribution in [1.82, 2.24) is 9.66 Å². The molecule has 1 saturated heterocycles. The molecular formula is C8H14N4O. The fourth-order valence-corrected chi connectivity index (χ4v) is 1.66. The van der Waals surface area contributed by atoms with Gasteiger partial charge in [-0.1, -0.05) is 0 Å². The molecule has 0 aliphatic carbocycles. The van der Waals surface area contributed by atoms with E-state index in [1.54, 1.807) is 6.33 Å². The average molecular weight is 182 g/mol. The van der Waals surface area contributed by atoms with E-state index in [4.69, 9.17) is 16.3 Å². The third-order valence-electron chi connectivity index (χ3n) is 2.41. The molecule has 2 rings (SSSR count). The Morgan fingerprint density at radius 1 is 1.62 bits per heavy atom. The summed E-state index contributed by atoms with van der Waals surface area (Å²) in [5.74, 6) is 6.41. The van der Waals surface area contributed by atoms with Gasteiger partial charge in [0, 0.05) is 12.5 Å². The number of nitrogen functional groups attached to an aromatic ring is 2. The highest BCUT2D eigenvalue weighted by Gasteiger charge is 2.21. The highest BCUT2D eigenvalue weighted by Crippen LogP contribution is 2.27. The van der Waals surface area contributed by atoms with Gasteiger partial charge in [-0.15, -0.1) is 0 Å². The third kappa shape index (κ3) is 1.47. The van der Waals surface area contributed by atoms with Crippen molar-refractivity contribution in [3.05, 3.63) is 12.0 Å². The van der Waals surface area contributed by atoms with Crippen LogP contribution in [0.25, 0.3) is 0 Å². The lowest BCUT2D eigenvalue weighted by Gasteiger charge is -2.20. The Morgan fingerprint density at radius 3 is 3.00 bits per heavy atom. The van der Waals surface area contributed by atoms with Crippen molar-refractivity contribution in [3.8, 4) is 0 Å². The summed E-state index contributed by atoms with van der Waals surface area (Å²) >= 11 is 0. The van der Waals surface area contributed by atoms with Gasteiger partial charge in [0.05, 0.1) is 12.3 Å². The number of nitrogens with two attached hydrogens (primary N) is 2. The predicted molar refractivity (Wildman–Crippen MR) is 49.6 cm³/mol. The number of aromatic nitrogens is 2. The molecule has 1 atom stereocenters. The normalized spacial score (nSPS) is 23.2. The van der Waals surface area contributed by atoms with Gasteiger partial charge in [-0.25, -0.2) is 9.66 Å². The monoisotopic (exact) mass is 182 g/mol. The summed E-state index contributed by atoms with van der Waals surface area (Å²) in [6.07, 6.45) is 3.70. The maximum Gasteiger partial charge on any atom is 0.146 e. The molecule has 0 bridgehead atoms. The fraction of sp³-hybridized carbons (Fsp3) is 0.625. The molecule has 0 amide bonds. The van der Waals surface area contributed by atoms with Crippen molar-refractivity contribution in [2.45, 2.75) is 18.8 Å². The first-order valence-corrected chi connectivity index (χ1v) is 4.44. The molecular weight excluding hydrogens is 168 g/mol. The smallest absolute Gasteiger partial charge is 0.146 e. The summed E-state index contributed by atoms with van der Waals surface area (Å²) in [4.78, 5) is 4.17. The van der Waals surface area contributed by atoms with E-state index in [1.165, 1.54) is 4.68 Å². The maximum absolute atomic E-state index is 5.75. The minimum absolute atomic E-state index is 0.318. The molecule has 1 aromatic heterocycles. The fourth-order valence-electron chi connectivity index (χ4n) is 1.66. The van der Waals surface area contributed by atoms with Crippen molar-refractivity contribution in [2.24, 2.45) is 0 Å². The van der Waals surface area contributed by atoms with Crippen LogP contribution in [0.5, 0.6) is 0 Å². The van der Waals surface area contributed by atoms with E-state index >= 15 is 0 Å². The first-order valence-electron chi connectivity index (χ1n) is 4.44. The quantitative estimate of drug-likeness (QED) is 0.602. The van der Waals surface area contributed by atoms with E-state index in [0.717, 1.165) is 25.1 Å². The average Bonchev–Trinajstić information content (AvgIpc) is 2.49. The van der Waals surface area contributed by atoms with Gasteiger partial charge in [-0.05, 0) is 12.8 Å². The second-order valence-corrected chi connectivity index (χ2v) is 3.34. The Balaban J connectivity index is 2.18. The number of anilines is 1. The molecule has 13 heavy (non-hydrogen) atoms. The molecule has 1 unspecified atom stereocenters. The van der Waals surface area contributed by atoms with E-state index < -0.39 is 0 Å². The SMILES string of the molecule is Nc1c(C2CCCOC2)ncn1N. The molecule has 0 radical (unpaired) electrons. The number of nitrogens with zero attached hydrogens (tertiary/aromatic N) is 2. The van der Waals surface area contributed by atoms with Crippen molar-refractivity contribution < 1.29 is 4.74 Å². The Morgan fingerprint density at radius 2 is 2.46 bits per heavy atom. The zero-order valence-electron chi connectivity index (χ0n) is 7.44. The molecule has 1 fully saturated rings. The summed E-state index contributed by atoms with van der Waals surface area (Å²) < 4.78 is 6.71. The van der Waals surface area contributed by atoms with E-state index in [1.807, 2.05) is 0 Å². The zero-order chi connectivity index (χ0) is 9.26. The molecule has 5 nitrogen and oxygen atoms in total. The van der Waals surface area contributed by atoms with Crippen LogP contribution in [0.3, 0.4) is 0 Å². The van der Waals surface area contributed by atoms with Gasteiger partial charge in [0.2, 0.25) is 0 Å². The minimum atomic E-state index is 0.318. The molecule has 0 aromatic carbocycles. The van der Waals surface area contributed by atoms with Crippen LogP contribution in [0.15, 0.2) is 6.33 Å². The standard InChI is InChI=1S/C8H14N4O/c9-8-7(11-5-12(8)10)6-2-1-3-13-4-6/h5-6H,1-4,9-10H2. The highest BCUT2D eigenvalue weighted by molar-refractivity contribution is 5.38. The van der Waals surface area contributed by atoms with Crippen molar-refractivity contribution in [1.29, 1.82) is 0 Å². The third-order valence-corrected chi connectivity index (χ3v) is 2.41. The molecule has 0 spiro atoms. The number of hydrogen-bond donors (Lipinski definition) is 2. The van der Waals surface area contributed by atoms with Crippen LogP contribution in [0, 0.1) is 0 Å². The van der Waals surface area contributed by atoms with Crippen LogP contribution in [-0.2, 0) is 4.74 Å². The number of ether oxygens (including phenoxy) is 1. The van der Waals surface area contributed by atoms with E-state index in [0.29, 0.717) is 18.3 Å². The zero-order valence-corrected chi connectivity index (χ0v) is 7.44. The summed E-state index contributed by atoms with van der Waals surface area (Å²) in [5.41, 5.74) is 6.63. The van der Waals surface area contributed by atoms with Gasteiger partial charge in [0.15, 0.2) is 0 Å². The lowest BCUT2D eigenvalue weighted by Crippen LogP contribution is -2.18. The van der Waals surface area contributed by atoms with E-state index in [-0.39, 0.29) is 0 Å². The predicted octanol–water partition coefficient (Wildman–Crippen LogP) is 0.0731. The Kier molecular flexibility index (Phi) is 2.10. The van der Waals surface area contributed by atoms with Crippen LogP contribution in [0.4, 0.5) is 5.82 Å². The molecule has 72 valence electrons. The van der Waals surface area contributed by atoms with Gasteiger partial charge < -0.3 is 16.3 Å². The Labute approximate surface area is 76.7 Å². The molecule has 4 N–H and O–H groups in total. The highest BCUT2D eigenvalue weighted by atomic mass is 16.5. The second kappa shape index (κ2) is 3.26. The molecule has 1 aliphatic rings. The molecule has 5 heteroatoms. The van der Waals surface area contributed by atoms with Crippen LogP contribution < -0.4 is 11.6 Å².